The summed E-state index contributed by atoms with van der Waals surface area (Å²) in [4.78, 5) is 35.2. The van der Waals surface area contributed by atoms with Gasteiger partial charge in [-0.25, -0.2) is 10.2 Å². The number of carbonyl (C=O) groups excluding carboxylic acids is 2. The summed E-state index contributed by atoms with van der Waals surface area (Å²) in [7, 11) is 1.56. The Kier molecular flexibility index (Phi) is 7.04. The SMILES string of the molecule is COc1ccc2c(Cl)c(C(=O)Oc3ccc(C=NNC(=O)c4ccc([N+](=O)[O-])cc4)cc3)sc2c1. The van der Waals surface area contributed by atoms with Gasteiger partial charge in [0.15, 0.2) is 0 Å². The van der Waals surface area contributed by atoms with Crippen LogP contribution in [0.1, 0.15) is 25.6 Å². The molecule has 11 heteroatoms. The number of carbonyl (C=O) groups is 2. The van der Waals surface area contributed by atoms with E-state index in [0.29, 0.717) is 22.1 Å². The summed E-state index contributed by atoms with van der Waals surface area (Å²) in [6.07, 6.45) is 1.41. The number of nitro benzene ring substituents is 1. The van der Waals surface area contributed by atoms with Crippen LogP contribution in [0.5, 0.6) is 11.5 Å². The zero-order chi connectivity index (χ0) is 24.9. The molecule has 176 valence electrons. The molecule has 1 N–H and O–H groups in total. The topological polar surface area (TPSA) is 120 Å². The molecule has 0 atom stereocenters. The Bertz CT molecular complexity index is 1450. The van der Waals surface area contributed by atoms with Crippen molar-refractivity contribution in [1.29, 1.82) is 0 Å². The van der Waals surface area contributed by atoms with Gasteiger partial charge < -0.3 is 9.47 Å². The van der Waals surface area contributed by atoms with Gasteiger partial charge in [-0.2, -0.15) is 5.10 Å². The van der Waals surface area contributed by atoms with Crippen molar-refractivity contribution in [1.82, 2.24) is 5.43 Å². The molecular formula is C24H16ClN3O6S. The van der Waals surface area contributed by atoms with Crippen LogP contribution in [0.15, 0.2) is 71.8 Å². The average molecular weight is 510 g/mol. The standard InChI is InChI=1S/C24H16ClN3O6S/c1-33-18-10-11-19-20(12-18)35-22(21(19)25)24(30)34-17-8-2-14(3-9-17)13-26-27-23(29)15-4-6-16(7-5-15)28(31)32/h2-13H,1H3,(H,27,29). The number of methoxy groups -OCH3 is 1. The van der Waals surface area contributed by atoms with E-state index in [2.05, 4.69) is 10.5 Å². The van der Waals surface area contributed by atoms with E-state index in [1.165, 1.54) is 41.8 Å². The van der Waals surface area contributed by atoms with Crippen LogP contribution < -0.4 is 14.9 Å². The zero-order valence-electron chi connectivity index (χ0n) is 18.1. The van der Waals surface area contributed by atoms with Gasteiger partial charge >= 0.3 is 5.97 Å². The smallest absolute Gasteiger partial charge is 0.355 e. The molecule has 1 heterocycles. The van der Waals surface area contributed by atoms with Gasteiger partial charge in [0.1, 0.15) is 16.4 Å². The maximum atomic E-state index is 12.6. The Morgan fingerprint density at radius 1 is 1.06 bits per heavy atom. The number of amides is 1. The lowest BCUT2D eigenvalue weighted by atomic mass is 10.2. The molecule has 0 aliphatic heterocycles. The van der Waals surface area contributed by atoms with E-state index in [4.69, 9.17) is 21.1 Å². The molecule has 9 nitrogen and oxygen atoms in total. The summed E-state index contributed by atoms with van der Waals surface area (Å²) in [5.74, 6) is -0.115. The van der Waals surface area contributed by atoms with Crippen molar-refractivity contribution in [2.24, 2.45) is 5.10 Å². The fraction of sp³-hybridized carbons (Fsp3) is 0.0417. The minimum atomic E-state index is -0.577. The van der Waals surface area contributed by atoms with E-state index in [1.54, 1.807) is 49.6 Å². The summed E-state index contributed by atoms with van der Waals surface area (Å²) in [5, 5.41) is 15.6. The highest BCUT2D eigenvalue weighted by atomic mass is 35.5. The highest BCUT2D eigenvalue weighted by molar-refractivity contribution is 7.21. The highest BCUT2D eigenvalue weighted by Gasteiger charge is 2.19. The second kappa shape index (κ2) is 10.3. The molecule has 0 radical (unpaired) electrons. The molecule has 0 fully saturated rings. The minimum absolute atomic E-state index is 0.110. The van der Waals surface area contributed by atoms with Crippen molar-refractivity contribution in [3.63, 3.8) is 0 Å². The van der Waals surface area contributed by atoms with Crippen molar-refractivity contribution in [2.45, 2.75) is 0 Å². The van der Waals surface area contributed by atoms with E-state index in [-0.39, 0.29) is 16.1 Å². The van der Waals surface area contributed by atoms with Crippen molar-refractivity contribution in [2.75, 3.05) is 7.11 Å². The van der Waals surface area contributed by atoms with Crippen LogP contribution in [0, 0.1) is 10.1 Å². The Morgan fingerprint density at radius 2 is 1.74 bits per heavy atom. The molecule has 0 bridgehead atoms. The summed E-state index contributed by atoms with van der Waals surface area (Å²) in [6.45, 7) is 0. The molecule has 3 aromatic carbocycles. The Labute approximate surface area is 207 Å². The van der Waals surface area contributed by atoms with Crippen LogP contribution in [-0.2, 0) is 0 Å². The maximum absolute atomic E-state index is 12.6. The van der Waals surface area contributed by atoms with Gasteiger partial charge in [-0.15, -0.1) is 11.3 Å². The van der Waals surface area contributed by atoms with Gasteiger partial charge in [0.05, 0.1) is 23.3 Å². The molecule has 1 aromatic heterocycles. The largest absolute Gasteiger partial charge is 0.497 e. The number of non-ortho nitro benzene ring substituents is 1. The number of hydrogen-bond acceptors (Lipinski definition) is 8. The zero-order valence-corrected chi connectivity index (χ0v) is 19.6. The minimum Gasteiger partial charge on any atom is -0.497 e. The lowest BCUT2D eigenvalue weighted by Crippen LogP contribution is -2.17. The van der Waals surface area contributed by atoms with Gasteiger partial charge in [-0.05, 0) is 60.2 Å². The molecule has 4 aromatic rings. The number of benzene rings is 3. The van der Waals surface area contributed by atoms with Crippen molar-refractivity contribution in [3.8, 4) is 11.5 Å². The fourth-order valence-electron chi connectivity index (χ4n) is 3.04. The highest BCUT2D eigenvalue weighted by Crippen LogP contribution is 2.37. The Morgan fingerprint density at radius 3 is 2.40 bits per heavy atom. The number of nitrogens with zero attached hydrogens (tertiary/aromatic N) is 2. The third-order valence-corrected chi connectivity index (χ3v) is 6.47. The van der Waals surface area contributed by atoms with Crippen molar-refractivity contribution >= 4 is 56.8 Å². The van der Waals surface area contributed by atoms with E-state index in [9.17, 15) is 19.7 Å². The van der Waals surface area contributed by atoms with E-state index in [0.717, 1.165) is 10.1 Å². The van der Waals surface area contributed by atoms with E-state index in [1.807, 2.05) is 0 Å². The predicted octanol–water partition coefficient (Wildman–Crippen LogP) is 5.45. The van der Waals surface area contributed by atoms with Gasteiger partial charge in [-0.3, -0.25) is 14.9 Å². The molecule has 0 spiro atoms. The number of nitrogens with one attached hydrogen (secondary N) is 1. The first-order valence-electron chi connectivity index (χ1n) is 10.0. The first kappa shape index (κ1) is 23.9. The van der Waals surface area contributed by atoms with Gasteiger partial charge in [0.2, 0.25) is 0 Å². The van der Waals surface area contributed by atoms with Crippen LogP contribution in [0.3, 0.4) is 0 Å². The number of ether oxygens (including phenoxy) is 2. The summed E-state index contributed by atoms with van der Waals surface area (Å²) in [6, 6.07) is 17.0. The molecular weight excluding hydrogens is 494 g/mol. The van der Waals surface area contributed by atoms with Crippen LogP contribution in [0.4, 0.5) is 5.69 Å². The van der Waals surface area contributed by atoms with E-state index < -0.39 is 16.8 Å². The first-order chi connectivity index (χ1) is 16.9. The van der Waals surface area contributed by atoms with E-state index >= 15 is 0 Å². The van der Waals surface area contributed by atoms with Crippen LogP contribution >= 0.6 is 22.9 Å². The molecule has 0 saturated carbocycles. The average Bonchev–Trinajstić information content (AvgIpc) is 3.20. The molecule has 0 saturated heterocycles. The number of esters is 1. The summed E-state index contributed by atoms with van der Waals surface area (Å²) in [5.41, 5.74) is 3.10. The molecule has 0 aliphatic carbocycles. The van der Waals surface area contributed by atoms with Crippen molar-refractivity contribution < 1.29 is 24.0 Å². The molecule has 35 heavy (non-hydrogen) atoms. The molecule has 0 aliphatic rings. The predicted molar refractivity (Wildman–Crippen MR) is 133 cm³/mol. The fourth-order valence-corrected chi connectivity index (χ4v) is 4.46. The monoisotopic (exact) mass is 509 g/mol. The summed E-state index contributed by atoms with van der Waals surface area (Å²) >= 11 is 7.59. The number of halogens is 1. The number of hydrazone groups is 1. The van der Waals surface area contributed by atoms with Crippen molar-refractivity contribution in [3.05, 3.63) is 97.9 Å². The molecule has 4 rings (SSSR count). The Balaban J connectivity index is 1.37. The number of fused-ring (bicyclic) bond motifs is 1. The number of rotatable bonds is 7. The second-order valence-electron chi connectivity index (χ2n) is 7.07. The normalized spacial score (nSPS) is 10.9. The first-order valence-corrected chi connectivity index (χ1v) is 11.2. The number of thiophene rings is 1. The lowest BCUT2D eigenvalue weighted by Gasteiger charge is -2.03. The van der Waals surface area contributed by atoms with Crippen LogP contribution in [0.25, 0.3) is 10.1 Å². The quantitative estimate of drug-likeness (QED) is 0.116. The van der Waals surface area contributed by atoms with Crippen LogP contribution in [0.2, 0.25) is 5.02 Å². The second-order valence-corrected chi connectivity index (χ2v) is 8.50. The Hall–Kier alpha value is -4.28. The van der Waals surface area contributed by atoms with Crippen LogP contribution in [-0.4, -0.2) is 30.1 Å². The molecule has 0 unspecified atom stereocenters. The molecule has 1 amide bonds. The third-order valence-electron chi connectivity index (χ3n) is 4.83. The maximum Gasteiger partial charge on any atom is 0.355 e. The number of nitro groups is 1. The van der Waals surface area contributed by atoms with Gasteiger partial charge in [0, 0.05) is 27.8 Å². The van der Waals surface area contributed by atoms with Gasteiger partial charge in [0.25, 0.3) is 11.6 Å². The third kappa shape index (κ3) is 5.45. The number of hydrogen-bond donors (Lipinski definition) is 1. The van der Waals surface area contributed by atoms with Gasteiger partial charge in [-0.1, -0.05) is 11.6 Å². The lowest BCUT2D eigenvalue weighted by molar-refractivity contribution is -0.384. The summed E-state index contributed by atoms with van der Waals surface area (Å²) < 4.78 is 11.5.